The van der Waals surface area contributed by atoms with Crippen molar-refractivity contribution in [3.63, 3.8) is 0 Å². The Labute approximate surface area is 163 Å². The predicted octanol–water partition coefficient (Wildman–Crippen LogP) is 3.01. The molecule has 3 aromatic rings. The van der Waals surface area contributed by atoms with Gasteiger partial charge >= 0.3 is 0 Å². The Bertz CT molecular complexity index is 1030. The average molecular weight is 377 g/mol. The number of aryl methyl sites for hydroxylation is 1. The molecule has 0 unspecified atom stereocenters. The second-order valence-corrected chi connectivity index (χ2v) is 6.42. The third kappa shape index (κ3) is 4.46. The van der Waals surface area contributed by atoms with E-state index in [2.05, 4.69) is 11.6 Å². The number of methoxy groups -OCH3 is 1. The molecule has 1 amide bonds. The van der Waals surface area contributed by atoms with Gasteiger partial charge in [0.05, 0.1) is 24.3 Å². The number of hydrogen-bond donors (Lipinski definition) is 0. The summed E-state index contributed by atoms with van der Waals surface area (Å²) in [6, 6.07) is 14.8. The van der Waals surface area contributed by atoms with Crippen LogP contribution in [0.4, 0.5) is 0 Å². The van der Waals surface area contributed by atoms with Crippen molar-refractivity contribution in [1.29, 1.82) is 0 Å². The minimum Gasteiger partial charge on any atom is -0.497 e. The molecule has 2 aromatic carbocycles. The standard InChI is InChI=1S/C22H23N3O3/c1-3-13-24(15-17-8-10-18(28-2)11-9-17)21(26)12-14-25-16-23-20-7-5-4-6-19(20)22(25)27/h3-11,16H,1,12-15H2,2H3. The fraction of sp³-hybridized carbons (Fsp3) is 0.227. The molecule has 144 valence electrons. The molecule has 0 aliphatic carbocycles. The molecule has 1 aromatic heterocycles. The zero-order valence-corrected chi connectivity index (χ0v) is 15.9. The highest BCUT2D eigenvalue weighted by Gasteiger charge is 2.14. The molecule has 3 rings (SSSR count). The minimum absolute atomic E-state index is 0.0456. The maximum atomic E-state index is 12.7. The van der Waals surface area contributed by atoms with Gasteiger partial charge in [-0.25, -0.2) is 4.98 Å². The van der Waals surface area contributed by atoms with Crippen molar-refractivity contribution in [3.8, 4) is 5.75 Å². The number of amides is 1. The maximum Gasteiger partial charge on any atom is 0.261 e. The quantitative estimate of drug-likeness (QED) is 0.566. The van der Waals surface area contributed by atoms with Crippen LogP contribution in [0.15, 0.2) is 72.3 Å². The normalized spacial score (nSPS) is 10.6. The van der Waals surface area contributed by atoms with E-state index in [0.29, 0.717) is 24.0 Å². The van der Waals surface area contributed by atoms with Gasteiger partial charge in [-0.05, 0) is 29.8 Å². The van der Waals surface area contributed by atoms with E-state index >= 15 is 0 Å². The summed E-state index contributed by atoms with van der Waals surface area (Å²) < 4.78 is 6.65. The van der Waals surface area contributed by atoms with Gasteiger partial charge in [-0.2, -0.15) is 0 Å². The highest BCUT2D eigenvalue weighted by molar-refractivity contribution is 5.77. The number of aromatic nitrogens is 2. The average Bonchev–Trinajstić information content (AvgIpc) is 2.73. The molecule has 0 N–H and O–H groups in total. The number of benzene rings is 2. The van der Waals surface area contributed by atoms with Crippen LogP contribution in [-0.2, 0) is 17.9 Å². The van der Waals surface area contributed by atoms with E-state index in [0.717, 1.165) is 11.3 Å². The highest BCUT2D eigenvalue weighted by atomic mass is 16.5. The van der Waals surface area contributed by atoms with Crippen LogP contribution in [0.5, 0.6) is 5.75 Å². The number of carbonyl (C=O) groups is 1. The smallest absolute Gasteiger partial charge is 0.261 e. The Morgan fingerprint density at radius 2 is 1.96 bits per heavy atom. The van der Waals surface area contributed by atoms with E-state index in [4.69, 9.17) is 4.74 Å². The Kier molecular flexibility index (Phi) is 6.22. The number of nitrogens with zero attached hydrogens (tertiary/aromatic N) is 3. The van der Waals surface area contributed by atoms with Crippen LogP contribution in [0.3, 0.4) is 0 Å². The lowest BCUT2D eigenvalue weighted by Crippen LogP contribution is -2.32. The summed E-state index contributed by atoms with van der Waals surface area (Å²) in [6.07, 6.45) is 3.41. The molecule has 0 saturated heterocycles. The minimum atomic E-state index is -0.135. The molecule has 0 bridgehead atoms. The second-order valence-electron chi connectivity index (χ2n) is 6.42. The van der Waals surface area contributed by atoms with Crippen molar-refractivity contribution < 1.29 is 9.53 Å². The topological polar surface area (TPSA) is 64.4 Å². The molecule has 1 heterocycles. The summed E-state index contributed by atoms with van der Waals surface area (Å²) >= 11 is 0. The first-order valence-electron chi connectivity index (χ1n) is 9.08. The van der Waals surface area contributed by atoms with E-state index in [1.807, 2.05) is 36.4 Å². The Balaban J connectivity index is 1.69. The Hall–Kier alpha value is -3.41. The lowest BCUT2D eigenvalue weighted by Gasteiger charge is -2.21. The molecular formula is C22H23N3O3. The summed E-state index contributed by atoms with van der Waals surface area (Å²) in [5, 5.41) is 0.554. The van der Waals surface area contributed by atoms with E-state index < -0.39 is 0 Å². The summed E-state index contributed by atoms with van der Waals surface area (Å²) in [7, 11) is 1.62. The third-order valence-electron chi connectivity index (χ3n) is 4.53. The molecular weight excluding hydrogens is 354 g/mol. The molecule has 0 radical (unpaired) electrons. The zero-order valence-electron chi connectivity index (χ0n) is 15.9. The van der Waals surface area contributed by atoms with Crippen molar-refractivity contribution >= 4 is 16.8 Å². The summed E-state index contributed by atoms with van der Waals surface area (Å²) in [5.74, 6) is 0.726. The third-order valence-corrected chi connectivity index (χ3v) is 4.53. The zero-order chi connectivity index (χ0) is 19.9. The highest BCUT2D eigenvalue weighted by Crippen LogP contribution is 2.14. The van der Waals surface area contributed by atoms with Crippen molar-refractivity contribution in [1.82, 2.24) is 14.5 Å². The van der Waals surface area contributed by atoms with Gasteiger partial charge in [0.1, 0.15) is 5.75 Å². The van der Waals surface area contributed by atoms with Crippen LogP contribution in [-0.4, -0.2) is 34.0 Å². The first-order valence-corrected chi connectivity index (χ1v) is 9.08. The maximum absolute atomic E-state index is 12.7. The molecule has 0 saturated carbocycles. The first kappa shape index (κ1) is 19.4. The number of para-hydroxylation sites is 1. The van der Waals surface area contributed by atoms with Gasteiger partial charge in [-0.1, -0.05) is 30.3 Å². The van der Waals surface area contributed by atoms with Gasteiger partial charge in [-0.3, -0.25) is 14.2 Å². The number of fused-ring (bicyclic) bond motifs is 1. The summed E-state index contributed by atoms with van der Waals surface area (Å²) in [5.41, 5.74) is 1.52. The predicted molar refractivity (Wildman–Crippen MR) is 109 cm³/mol. The molecule has 28 heavy (non-hydrogen) atoms. The summed E-state index contributed by atoms with van der Waals surface area (Å²) in [6.45, 7) is 4.93. The van der Waals surface area contributed by atoms with E-state index in [9.17, 15) is 9.59 Å². The summed E-state index contributed by atoms with van der Waals surface area (Å²) in [4.78, 5) is 31.3. The van der Waals surface area contributed by atoms with Gasteiger partial charge in [0.2, 0.25) is 5.91 Å². The van der Waals surface area contributed by atoms with Crippen LogP contribution in [0.2, 0.25) is 0 Å². The van der Waals surface area contributed by atoms with Crippen LogP contribution < -0.4 is 10.3 Å². The SMILES string of the molecule is C=CCN(Cc1ccc(OC)cc1)C(=O)CCn1cnc2ccccc2c1=O. The number of hydrogen-bond acceptors (Lipinski definition) is 4. The van der Waals surface area contributed by atoms with Crippen molar-refractivity contribution in [2.45, 2.75) is 19.5 Å². The van der Waals surface area contributed by atoms with Gasteiger partial charge in [0, 0.05) is 26.1 Å². The van der Waals surface area contributed by atoms with Crippen molar-refractivity contribution in [3.05, 3.63) is 83.4 Å². The van der Waals surface area contributed by atoms with Crippen molar-refractivity contribution in [2.75, 3.05) is 13.7 Å². The van der Waals surface area contributed by atoms with Gasteiger partial charge < -0.3 is 9.64 Å². The molecule has 6 nitrogen and oxygen atoms in total. The molecule has 6 heteroatoms. The van der Waals surface area contributed by atoms with Gasteiger partial charge in [0.15, 0.2) is 0 Å². The number of carbonyl (C=O) groups excluding carboxylic acids is 1. The molecule has 0 spiro atoms. The number of ether oxygens (including phenoxy) is 1. The Morgan fingerprint density at radius 1 is 1.21 bits per heavy atom. The molecule has 0 fully saturated rings. The van der Waals surface area contributed by atoms with Crippen LogP contribution in [0, 0.1) is 0 Å². The lowest BCUT2D eigenvalue weighted by molar-refractivity contribution is -0.131. The largest absolute Gasteiger partial charge is 0.497 e. The lowest BCUT2D eigenvalue weighted by atomic mass is 10.2. The van der Waals surface area contributed by atoms with Gasteiger partial charge in [-0.15, -0.1) is 6.58 Å². The van der Waals surface area contributed by atoms with E-state index in [1.165, 1.54) is 10.9 Å². The van der Waals surface area contributed by atoms with Crippen molar-refractivity contribution in [2.24, 2.45) is 0 Å². The fourth-order valence-electron chi connectivity index (χ4n) is 3.00. The van der Waals surface area contributed by atoms with Crippen LogP contribution >= 0.6 is 0 Å². The van der Waals surface area contributed by atoms with Crippen LogP contribution in [0.25, 0.3) is 10.9 Å². The fourth-order valence-corrected chi connectivity index (χ4v) is 3.00. The van der Waals surface area contributed by atoms with E-state index in [-0.39, 0.29) is 24.4 Å². The first-order chi connectivity index (χ1) is 13.6. The number of rotatable bonds is 8. The second kappa shape index (κ2) is 8.99. The molecule has 0 aliphatic heterocycles. The monoisotopic (exact) mass is 377 g/mol. The van der Waals surface area contributed by atoms with Gasteiger partial charge in [0.25, 0.3) is 5.56 Å². The van der Waals surface area contributed by atoms with E-state index in [1.54, 1.807) is 30.2 Å². The van der Waals surface area contributed by atoms with Crippen LogP contribution in [0.1, 0.15) is 12.0 Å². The molecule has 0 atom stereocenters. The Morgan fingerprint density at radius 3 is 2.68 bits per heavy atom. The molecule has 0 aliphatic rings.